The smallest absolute Gasteiger partial charge is 0.280 e. The van der Waals surface area contributed by atoms with Crippen LogP contribution in [0.25, 0.3) is 0 Å². The fourth-order valence-corrected chi connectivity index (χ4v) is 6.52. The van der Waals surface area contributed by atoms with Gasteiger partial charge in [-0.05, 0) is 62.0 Å². The highest BCUT2D eigenvalue weighted by atomic mass is 32.2. The lowest BCUT2D eigenvalue weighted by molar-refractivity contribution is 0.0341. The number of aryl methyl sites for hydroxylation is 1. The number of aliphatic hydroxyl groups excluding tert-OH is 1. The summed E-state index contributed by atoms with van der Waals surface area (Å²) in [5.74, 6) is -0.428. The molecule has 5 rings (SSSR count). The number of anilines is 3. The molecule has 0 aliphatic carbocycles. The Morgan fingerprint density at radius 2 is 1.90 bits per heavy atom. The van der Waals surface area contributed by atoms with Crippen LogP contribution in [0.5, 0.6) is 5.75 Å². The molecule has 3 atom stereocenters. The lowest BCUT2D eigenvalue weighted by atomic mass is 9.99. The molecule has 0 saturated heterocycles. The molecule has 0 radical (unpaired) electrons. The normalized spacial score (nSPS) is 17.2. The van der Waals surface area contributed by atoms with E-state index in [-0.39, 0.29) is 46.7 Å². The Kier molecular flexibility index (Phi) is 10.4. The Balaban J connectivity index is 1.31. The number of fused-ring (bicyclic) bond motifs is 1. The quantitative estimate of drug-likeness (QED) is 0.174. The van der Waals surface area contributed by atoms with Crippen LogP contribution >= 0.6 is 0 Å². The molecule has 0 unspecified atom stereocenters. The average Bonchev–Trinajstić information content (AvgIpc) is 3.51. The highest BCUT2D eigenvalue weighted by Crippen LogP contribution is 2.31. The molecule has 0 saturated carbocycles. The summed E-state index contributed by atoms with van der Waals surface area (Å²) < 4.78 is 36.4. The van der Waals surface area contributed by atoms with Gasteiger partial charge in [0.15, 0.2) is 5.03 Å². The number of carbonyl (C=O) groups is 2. The van der Waals surface area contributed by atoms with Gasteiger partial charge in [-0.15, -0.1) is 0 Å². The number of carbonyl (C=O) groups excluding carboxylic acids is 2. The van der Waals surface area contributed by atoms with Gasteiger partial charge in [0.1, 0.15) is 11.9 Å². The summed E-state index contributed by atoms with van der Waals surface area (Å²) in [4.78, 5) is 34.2. The van der Waals surface area contributed by atoms with Gasteiger partial charge >= 0.3 is 0 Å². The van der Waals surface area contributed by atoms with Gasteiger partial charge in [-0.3, -0.25) is 19.2 Å². The zero-order chi connectivity index (χ0) is 34.6. The number of sulfonamides is 1. The molecule has 0 bridgehead atoms. The van der Waals surface area contributed by atoms with Crippen LogP contribution in [-0.2, 0) is 23.6 Å². The molecule has 1 aliphatic rings. The number of benzene rings is 3. The monoisotopic (exact) mass is 675 g/mol. The molecule has 5 N–H and O–H groups in total. The van der Waals surface area contributed by atoms with Crippen molar-refractivity contribution in [2.75, 3.05) is 42.5 Å². The largest absolute Gasteiger partial charge is 0.488 e. The van der Waals surface area contributed by atoms with Crippen LogP contribution in [0.3, 0.4) is 0 Å². The van der Waals surface area contributed by atoms with Crippen molar-refractivity contribution < 1.29 is 27.9 Å². The summed E-state index contributed by atoms with van der Waals surface area (Å²) in [7, 11) is -0.370. The van der Waals surface area contributed by atoms with E-state index < -0.39 is 16.1 Å². The first-order chi connectivity index (χ1) is 22.8. The predicted molar refractivity (Wildman–Crippen MR) is 183 cm³/mol. The summed E-state index contributed by atoms with van der Waals surface area (Å²) in [5.41, 5.74) is 8.85. The zero-order valence-electron chi connectivity index (χ0n) is 27.3. The van der Waals surface area contributed by atoms with Gasteiger partial charge < -0.3 is 30.4 Å². The maximum atomic E-state index is 13.8. The molecule has 13 nitrogen and oxygen atoms in total. The minimum Gasteiger partial charge on any atom is -0.488 e. The second-order valence-corrected chi connectivity index (χ2v) is 13.9. The first-order valence-corrected chi connectivity index (χ1v) is 17.0. The van der Waals surface area contributed by atoms with E-state index in [1.807, 2.05) is 26.1 Å². The lowest BCUT2D eigenvalue weighted by Crippen LogP contribution is -2.49. The fourth-order valence-electron chi connectivity index (χ4n) is 5.49. The first-order valence-electron chi connectivity index (χ1n) is 15.5. The molecule has 4 aromatic rings. The third-order valence-electron chi connectivity index (χ3n) is 8.24. The van der Waals surface area contributed by atoms with Crippen LogP contribution in [0.15, 0.2) is 84.3 Å². The maximum Gasteiger partial charge on any atom is 0.280 e. The summed E-state index contributed by atoms with van der Waals surface area (Å²) >= 11 is 0. The van der Waals surface area contributed by atoms with Gasteiger partial charge in [0, 0.05) is 50.0 Å². The summed E-state index contributed by atoms with van der Waals surface area (Å²) in [5, 5.41) is 12.7. The van der Waals surface area contributed by atoms with Gasteiger partial charge in [0.2, 0.25) is 0 Å². The van der Waals surface area contributed by atoms with Crippen LogP contribution in [0, 0.1) is 5.92 Å². The minimum absolute atomic E-state index is 0.114. The third-order valence-corrected chi connectivity index (χ3v) is 9.51. The van der Waals surface area contributed by atoms with Crippen LogP contribution < -0.4 is 20.5 Å². The molecule has 3 aromatic carbocycles. The molecule has 1 aliphatic heterocycles. The Morgan fingerprint density at radius 1 is 1.17 bits per heavy atom. The number of aromatic nitrogens is 2. The van der Waals surface area contributed by atoms with Gasteiger partial charge in [-0.2, -0.15) is 8.42 Å². The number of rotatable bonds is 11. The van der Waals surface area contributed by atoms with Gasteiger partial charge in [0.05, 0.1) is 35.9 Å². The second kappa shape index (κ2) is 14.5. The Bertz CT molecular complexity index is 1880. The Hall–Kier alpha value is -4.92. The number of nitrogens with zero attached hydrogens (tertiary/aromatic N) is 4. The van der Waals surface area contributed by atoms with E-state index in [9.17, 15) is 23.1 Å². The van der Waals surface area contributed by atoms with Crippen molar-refractivity contribution in [3.63, 3.8) is 0 Å². The maximum absolute atomic E-state index is 13.8. The molecule has 2 amide bonds. The number of nitrogens with two attached hydrogens (primary N) is 1. The first kappa shape index (κ1) is 34.4. The van der Waals surface area contributed by atoms with E-state index in [0.29, 0.717) is 42.3 Å². The zero-order valence-corrected chi connectivity index (χ0v) is 28.1. The fraction of sp³-hybridized carbons (Fsp3) is 0.324. The van der Waals surface area contributed by atoms with E-state index in [2.05, 4.69) is 19.9 Å². The number of likely N-dealkylation sites (N-methyl/N-ethyl adjacent to an activating group) is 1. The summed E-state index contributed by atoms with van der Waals surface area (Å²) in [6.45, 7) is 4.91. The summed E-state index contributed by atoms with van der Waals surface area (Å²) in [6, 6.07) is 18.5. The van der Waals surface area contributed by atoms with Gasteiger partial charge in [-0.1, -0.05) is 31.2 Å². The third kappa shape index (κ3) is 7.95. The Morgan fingerprint density at radius 3 is 2.56 bits per heavy atom. The van der Waals surface area contributed by atoms with Crippen molar-refractivity contribution in [3.05, 3.63) is 95.9 Å². The molecule has 254 valence electrons. The number of imidazole rings is 1. The standard InChI is InChI=1S/C34H41N7O6S/c1-22-16-41(23(2)20-42)34(44)27-15-26(38-48(45,46)32-19-40(4)21-36-32)13-14-30(27)47-31(22)18-39(3)17-24-9-11-25(12-10-24)33(43)37-29-8-6-5-7-28(29)35/h5-15,19,21-23,31,38,42H,16-18,20,35H2,1-4H3,(H,37,43)/t22-,23+,31+/m1/s1. The van der Waals surface area contributed by atoms with Crippen molar-refractivity contribution in [2.45, 2.75) is 37.6 Å². The van der Waals surface area contributed by atoms with Crippen LogP contribution in [0.4, 0.5) is 17.1 Å². The molecular formula is C34H41N7O6S. The van der Waals surface area contributed by atoms with E-state index in [1.165, 1.54) is 23.2 Å². The van der Waals surface area contributed by atoms with Crippen LogP contribution in [0.1, 0.15) is 40.1 Å². The number of aliphatic hydroxyl groups is 1. The SMILES string of the molecule is C[C@@H]1CN([C@@H](C)CO)C(=O)c2cc(NS(=O)(=O)c3cn(C)cn3)ccc2O[C@H]1CN(C)Cc1ccc(C(=O)Nc2ccccc2N)cc1. The van der Waals surface area contributed by atoms with E-state index >= 15 is 0 Å². The number of nitrogen functional groups attached to an aromatic ring is 1. The van der Waals surface area contributed by atoms with Crippen molar-refractivity contribution in [2.24, 2.45) is 13.0 Å². The van der Waals surface area contributed by atoms with Crippen molar-refractivity contribution in [1.29, 1.82) is 0 Å². The number of amides is 2. The molecule has 1 aromatic heterocycles. The highest BCUT2D eigenvalue weighted by molar-refractivity contribution is 7.92. The van der Waals surface area contributed by atoms with Crippen molar-refractivity contribution in [3.8, 4) is 5.75 Å². The van der Waals surface area contributed by atoms with Crippen molar-refractivity contribution in [1.82, 2.24) is 19.4 Å². The average molecular weight is 676 g/mol. The molecule has 2 heterocycles. The highest BCUT2D eigenvalue weighted by Gasteiger charge is 2.34. The van der Waals surface area contributed by atoms with Gasteiger partial charge in [-0.25, -0.2) is 4.98 Å². The van der Waals surface area contributed by atoms with E-state index in [1.54, 1.807) is 67.4 Å². The number of hydrogen-bond donors (Lipinski definition) is 4. The van der Waals surface area contributed by atoms with Crippen LogP contribution in [-0.4, -0.2) is 83.6 Å². The number of ether oxygens (including phenoxy) is 1. The topological polar surface area (TPSA) is 172 Å². The molecule has 0 fully saturated rings. The van der Waals surface area contributed by atoms with E-state index in [0.717, 1.165) is 5.56 Å². The van der Waals surface area contributed by atoms with Crippen molar-refractivity contribution >= 4 is 38.9 Å². The molecule has 48 heavy (non-hydrogen) atoms. The van der Waals surface area contributed by atoms with Crippen LogP contribution in [0.2, 0.25) is 0 Å². The molecule has 0 spiro atoms. The lowest BCUT2D eigenvalue weighted by Gasteiger charge is -2.38. The Labute approximate surface area is 280 Å². The molecule has 14 heteroatoms. The number of para-hydroxylation sites is 2. The summed E-state index contributed by atoms with van der Waals surface area (Å²) in [6.07, 6.45) is 2.41. The number of nitrogens with one attached hydrogen (secondary N) is 2. The van der Waals surface area contributed by atoms with Gasteiger partial charge in [0.25, 0.3) is 21.8 Å². The van der Waals surface area contributed by atoms with E-state index in [4.69, 9.17) is 10.5 Å². The second-order valence-electron chi connectivity index (χ2n) is 12.3. The molecular weight excluding hydrogens is 634 g/mol. The number of hydrogen-bond acceptors (Lipinski definition) is 9. The minimum atomic E-state index is -4.00. The predicted octanol–water partition coefficient (Wildman–Crippen LogP) is 3.41.